The third-order valence-electron chi connectivity index (χ3n) is 2.52. The molecule has 18 heavy (non-hydrogen) atoms. The average molecular weight is 247 g/mol. The molecular formula is C11H17N7. The highest BCUT2D eigenvalue weighted by molar-refractivity contribution is 5.61. The van der Waals surface area contributed by atoms with Crippen molar-refractivity contribution in [2.24, 2.45) is 10.2 Å². The van der Waals surface area contributed by atoms with Gasteiger partial charge < -0.3 is 5.73 Å². The molecule has 7 nitrogen and oxygen atoms in total. The van der Waals surface area contributed by atoms with Gasteiger partial charge in [0.05, 0.1) is 5.69 Å². The fourth-order valence-corrected chi connectivity index (χ4v) is 1.63. The molecule has 2 heterocycles. The van der Waals surface area contributed by atoms with E-state index in [0.717, 1.165) is 11.4 Å². The molecule has 0 bridgehead atoms. The molecule has 7 heteroatoms. The van der Waals surface area contributed by atoms with Crippen molar-refractivity contribution < 1.29 is 0 Å². The topological polar surface area (TPSA) is 97.2 Å². The number of aromatic nitrogens is 4. The van der Waals surface area contributed by atoms with E-state index in [1.165, 1.54) is 0 Å². The Hall–Kier alpha value is -2.18. The van der Waals surface area contributed by atoms with Gasteiger partial charge in [0.1, 0.15) is 5.82 Å². The van der Waals surface area contributed by atoms with E-state index in [-0.39, 0.29) is 6.04 Å². The van der Waals surface area contributed by atoms with Crippen molar-refractivity contribution in [1.82, 2.24) is 20.0 Å². The van der Waals surface area contributed by atoms with Gasteiger partial charge >= 0.3 is 0 Å². The third kappa shape index (κ3) is 2.24. The highest BCUT2D eigenvalue weighted by atomic mass is 15.4. The molecular weight excluding hydrogens is 230 g/mol. The highest BCUT2D eigenvalue weighted by Gasteiger charge is 2.14. The van der Waals surface area contributed by atoms with Crippen LogP contribution in [0, 0.1) is 13.8 Å². The molecule has 0 amide bonds. The summed E-state index contributed by atoms with van der Waals surface area (Å²) in [6.45, 7) is 7.80. The van der Waals surface area contributed by atoms with E-state index < -0.39 is 0 Å². The van der Waals surface area contributed by atoms with Crippen LogP contribution < -0.4 is 5.73 Å². The minimum atomic E-state index is 0.195. The average Bonchev–Trinajstić information content (AvgIpc) is 2.82. The molecule has 0 radical (unpaired) electrons. The van der Waals surface area contributed by atoms with Crippen molar-refractivity contribution in [3.05, 3.63) is 17.5 Å². The fraction of sp³-hybridized carbons (Fsp3) is 0.455. The molecule has 0 aliphatic heterocycles. The summed E-state index contributed by atoms with van der Waals surface area (Å²) in [5, 5.41) is 19.3. The Labute approximate surface area is 105 Å². The number of nitrogens with one attached hydrogen (secondary N) is 1. The van der Waals surface area contributed by atoms with Crippen molar-refractivity contribution in [3.8, 4) is 0 Å². The van der Waals surface area contributed by atoms with Crippen LogP contribution in [0.25, 0.3) is 0 Å². The molecule has 0 aromatic carbocycles. The van der Waals surface area contributed by atoms with Crippen LogP contribution in [0.4, 0.5) is 17.3 Å². The predicted molar refractivity (Wildman–Crippen MR) is 69.3 cm³/mol. The Morgan fingerprint density at radius 2 is 2.06 bits per heavy atom. The second kappa shape index (κ2) is 4.59. The van der Waals surface area contributed by atoms with Gasteiger partial charge in [0.2, 0.25) is 0 Å². The molecule has 0 saturated carbocycles. The minimum Gasteiger partial charge on any atom is -0.382 e. The Morgan fingerprint density at radius 3 is 2.56 bits per heavy atom. The first-order valence-electron chi connectivity index (χ1n) is 5.77. The lowest BCUT2D eigenvalue weighted by atomic mass is 10.4. The van der Waals surface area contributed by atoms with E-state index in [1.807, 2.05) is 33.8 Å². The molecule has 0 saturated heterocycles. The summed E-state index contributed by atoms with van der Waals surface area (Å²) >= 11 is 0. The zero-order valence-corrected chi connectivity index (χ0v) is 11.0. The number of aryl methyl sites for hydroxylation is 2. The Balaban J connectivity index is 2.32. The molecule has 0 unspecified atom stereocenters. The number of hydrogen-bond acceptors (Lipinski definition) is 5. The summed E-state index contributed by atoms with van der Waals surface area (Å²) in [6, 6.07) is 2.00. The number of hydrogen-bond donors (Lipinski definition) is 2. The molecule has 0 spiro atoms. The maximum Gasteiger partial charge on any atom is 0.195 e. The molecule has 0 fully saturated rings. The lowest BCUT2D eigenvalue weighted by Gasteiger charge is -2.06. The predicted octanol–water partition coefficient (Wildman–Crippen LogP) is 2.80. The molecule has 2 rings (SSSR count). The summed E-state index contributed by atoms with van der Waals surface area (Å²) in [5.41, 5.74) is 8.29. The zero-order valence-electron chi connectivity index (χ0n) is 11.0. The minimum absolute atomic E-state index is 0.195. The van der Waals surface area contributed by atoms with E-state index in [9.17, 15) is 0 Å². The van der Waals surface area contributed by atoms with Gasteiger partial charge in [-0.05, 0) is 27.7 Å². The standard InChI is InChI=1S/C11H17N7/c1-6(2)18-11(12)10(8(4)17-18)16-15-9-5-7(3)13-14-9/h5-6H,12H2,1-4H3,(H,13,14). The third-order valence-corrected chi connectivity index (χ3v) is 2.52. The normalized spacial score (nSPS) is 11.8. The monoisotopic (exact) mass is 247 g/mol. The molecule has 0 aliphatic carbocycles. The van der Waals surface area contributed by atoms with Crippen molar-refractivity contribution in [2.75, 3.05) is 5.73 Å². The van der Waals surface area contributed by atoms with Gasteiger partial charge in [0.25, 0.3) is 0 Å². The maximum absolute atomic E-state index is 5.99. The summed E-state index contributed by atoms with van der Waals surface area (Å²) in [7, 11) is 0. The van der Waals surface area contributed by atoms with Crippen LogP contribution in [0.15, 0.2) is 16.3 Å². The van der Waals surface area contributed by atoms with Gasteiger partial charge in [-0.15, -0.1) is 10.2 Å². The Morgan fingerprint density at radius 1 is 1.33 bits per heavy atom. The van der Waals surface area contributed by atoms with Gasteiger partial charge in [-0.3, -0.25) is 5.10 Å². The number of nitrogen functional groups attached to an aromatic ring is 1. The largest absolute Gasteiger partial charge is 0.382 e. The van der Waals surface area contributed by atoms with E-state index >= 15 is 0 Å². The second-order valence-electron chi connectivity index (χ2n) is 4.47. The van der Waals surface area contributed by atoms with E-state index in [1.54, 1.807) is 4.68 Å². The summed E-state index contributed by atoms with van der Waals surface area (Å²) < 4.78 is 1.74. The van der Waals surface area contributed by atoms with Crippen LogP contribution in [-0.4, -0.2) is 20.0 Å². The summed E-state index contributed by atoms with van der Waals surface area (Å²) in [4.78, 5) is 0. The lowest BCUT2D eigenvalue weighted by Crippen LogP contribution is -2.06. The fourth-order valence-electron chi connectivity index (χ4n) is 1.63. The first-order chi connectivity index (χ1) is 8.49. The number of H-pyrrole nitrogens is 1. The van der Waals surface area contributed by atoms with Crippen molar-refractivity contribution in [3.63, 3.8) is 0 Å². The number of azo groups is 1. The van der Waals surface area contributed by atoms with Crippen LogP contribution in [0.1, 0.15) is 31.3 Å². The van der Waals surface area contributed by atoms with Gasteiger partial charge in [-0.2, -0.15) is 10.2 Å². The van der Waals surface area contributed by atoms with Crippen molar-refractivity contribution in [2.45, 2.75) is 33.7 Å². The molecule has 2 aromatic heterocycles. The number of rotatable bonds is 3. The molecule has 96 valence electrons. The van der Waals surface area contributed by atoms with Crippen LogP contribution in [-0.2, 0) is 0 Å². The smallest absolute Gasteiger partial charge is 0.195 e. The van der Waals surface area contributed by atoms with E-state index in [4.69, 9.17) is 5.73 Å². The number of nitrogens with two attached hydrogens (primary N) is 1. The highest BCUT2D eigenvalue weighted by Crippen LogP contribution is 2.29. The van der Waals surface area contributed by atoms with Gasteiger partial charge in [-0.25, -0.2) is 4.68 Å². The van der Waals surface area contributed by atoms with E-state index in [0.29, 0.717) is 17.3 Å². The van der Waals surface area contributed by atoms with Crippen LogP contribution in [0.5, 0.6) is 0 Å². The van der Waals surface area contributed by atoms with E-state index in [2.05, 4.69) is 25.5 Å². The maximum atomic E-state index is 5.99. The zero-order chi connectivity index (χ0) is 13.3. The number of aromatic amines is 1. The summed E-state index contributed by atoms with van der Waals surface area (Å²) in [6.07, 6.45) is 0. The van der Waals surface area contributed by atoms with Crippen LogP contribution in [0.2, 0.25) is 0 Å². The van der Waals surface area contributed by atoms with Crippen molar-refractivity contribution >= 4 is 17.3 Å². The molecule has 0 atom stereocenters. The second-order valence-corrected chi connectivity index (χ2v) is 4.47. The lowest BCUT2D eigenvalue weighted by molar-refractivity contribution is 0.537. The number of nitrogens with zero attached hydrogens (tertiary/aromatic N) is 5. The quantitative estimate of drug-likeness (QED) is 0.816. The first-order valence-corrected chi connectivity index (χ1v) is 5.77. The Kier molecular flexibility index (Phi) is 3.14. The SMILES string of the molecule is Cc1cc(N=Nc2c(C)nn(C(C)C)c2N)n[nH]1. The van der Waals surface area contributed by atoms with Gasteiger partial charge in [0, 0.05) is 17.8 Å². The molecule has 2 aromatic rings. The summed E-state index contributed by atoms with van der Waals surface area (Å²) in [5.74, 6) is 1.06. The number of anilines is 1. The molecule has 3 N–H and O–H groups in total. The van der Waals surface area contributed by atoms with Crippen LogP contribution >= 0.6 is 0 Å². The first kappa shape index (κ1) is 12.3. The van der Waals surface area contributed by atoms with Gasteiger partial charge in [0.15, 0.2) is 11.5 Å². The molecule has 0 aliphatic rings. The Bertz CT molecular complexity index is 576. The van der Waals surface area contributed by atoms with Crippen molar-refractivity contribution in [1.29, 1.82) is 0 Å². The van der Waals surface area contributed by atoms with Crippen LogP contribution in [0.3, 0.4) is 0 Å². The van der Waals surface area contributed by atoms with Gasteiger partial charge in [-0.1, -0.05) is 0 Å².